The highest BCUT2D eigenvalue weighted by atomic mass is 32.1. The molecule has 2 atom stereocenters. The van der Waals surface area contributed by atoms with Crippen molar-refractivity contribution < 1.29 is 9.18 Å². The average Bonchev–Trinajstić information content (AvgIpc) is 3.42. The fourth-order valence-electron chi connectivity index (χ4n) is 3.64. The molecule has 1 aromatic carbocycles. The number of likely N-dealkylation sites (tertiary alicyclic amines) is 1. The third kappa shape index (κ3) is 4.29. The highest BCUT2D eigenvalue weighted by Gasteiger charge is 2.29. The zero-order valence-corrected chi connectivity index (χ0v) is 16.4. The largest absolute Gasteiger partial charge is 0.343 e. The average molecular weight is 401 g/mol. The second-order valence-corrected chi connectivity index (χ2v) is 8.67. The van der Waals surface area contributed by atoms with Gasteiger partial charge in [0, 0.05) is 15.8 Å². The fraction of sp³-hybridized carbons (Fsp3) is 0.286. The Morgan fingerprint density at radius 2 is 1.93 bits per heavy atom. The molecule has 1 amide bonds. The molecule has 1 fully saturated rings. The van der Waals surface area contributed by atoms with Crippen LogP contribution < -0.4 is 5.32 Å². The van der Waals surface area contributed by atoms with Crippen LogP contribution in [0.5, 0.6) is 0 Å². The van der Waals surface area contributed by atoms with Gasteiger partial charge in [0.05, 0.1) is 12.6 Å². The lowest BCUT2D eigenvalue weighted by Gasteiger charge is -2.25. The van der Waals surface area contributed by atoms with Gasteiger partial charge in [-0.15, -0.1) is 22.7 Å². The number of carbonyl (C=O) groups excluding carboxylic acids is 1. The number of carbonyl (C=O) groups is 1. The van der Waals surface area contributed by atoms with E-state index in [0.29, 0.717) is 12.6 Å². The molecular formula is C21H21FN2OS2. The van der Waals surface area contributed by atoms with Crippen LogP contribution >= 0.6 is 22.7 Å². The number of nitrogens with one attached hydrogen (secondary N) is 1. The van der Waals surface area contributed by atoms with E-state index in [1.165, 1.54) is 17.0 Å². The molecule has 0 aliphatic carbocycles. The maximum atomic E-state index is 13.3. The minimum atomic E-state index is -0.272. The van der Waals surface area contributed by atoms with Gasteiger partial charge < -0.3 is 5.32 Å². The number of halogens is 1. The van der Waals surface area contributed by atoms with Crippen LogP contribution in [0.2, 0.25) is 0 Å². The number of hydrogen-bond donors (Lipinski definition) is 1. The number of rotatable bonds is 6. The Morgan fingerprint density at radius 3 is 2.63 bits per heavy atom. The van der Waals surface area contributed by atoms with Crippen molar-refractivity contribution >= 4 is 28.6 Å². The first-order chi connectivity index (χ1) is 13.2. The van der Waals surface area contributed by atoms with Gasteiger partial charge in [0.15, 0.2) is 0 Å². The summed E-state index contributed by atoms with van der Waals surface area (Å²) in [5.41, 5.74) is 0.892. The van der Waals surface area contributed by atoms with Crippen molar-refractivity contribution in [2.75, 3.05) is 13.1 Å². The SMILES string of the molecule is O=C(CN1CCC[C@H]1c1cccs1)N[C@@H](c1ccc(F)cc1)c1cccs1. The Labute approximate surface area is 166 Å². The smallest absolute Gasteiger partial charge is 0.234 e. The van der Waals surface area contributed by atoms with E-state index in [-0.39, 0.29) is 17.8 Å². The Balaban J connectivity index is 1.48. The van der Waals surface area contributed by atoms with Crippen LogP contribution in [0, 0.1) is 5.82 Å². The fourth-order valence-corrected chi connectivity index (χ4v) is 5.34. The number of nitrogens with zero attached hydrogens (tertiary/aromatic N) is 1. The van der Waals surface area contributed by atoms with E-state index in [1.54, 1.807) is 34.8 Å². The van der Waals surface area contributed by atoms with Crippen molar-refractivity contribution in [2.45, 2.75) is 24.9 Å². The molecule has 140 valence electrons. The quantitative estimate of drug-likeness (QED) is 0.632. The van der Waals surface area contributed by atoms with Gasteiger partial charge in [-0.05, 0) is 60.0 Å². The third-order valence-electron chi connectivity index (χ3n) is 4.92. The maximum absolute atomic E-state index is 13.3. The van der Waals surface area contributed by atoms with Crippen molar-refractivity contribution in [3.63, 3.8) is 0 Å². The summed E-state index contributed by atoms with van der Waals surface area (Å²) in [5, 5.41) is 7.24. The lowest BCUT2D eigenvalue weighted by atomic mass is 10.1. The Morgan fingerprint density at radius 1 is 1.15 bits per heavy atom. The molecule has 1 aliphatic heterocycles. The summed E-state index contributed by atoms with van der Waals surface area (Å²) in [6.45, 7) is 1.32. The monoisotopic (exact) mass is 400 g/mol. The molecule has 3 heterocycles. The first-order valence-electron chi connectivity index (χ1n) is 9.06. The number of benzene rings is 1. The molecule has 2 aromatic heterocycles. The summed E-state index contributed by atoms with van der Waals surface area (Å²) < 4.78 is 13.3. The van der Waals surface area contributed by atoms with Crippen molar-refractivity contribution in [1.29, 1.82) is 0 Å². The Bertz CT molecular complexity index is 862. The summed E-state index contributed by atoms with van der Waals surface area (Å²) in [5.74, 6) is -0.271. The van der Waals surface area contributed by atoms with Crippen LogP contribution in [0.25, 0.3) is 0 Å². The van der Waals surface area contributed by atoms with Crippen LogP contribution in [-0.2, 0) is 4.79 Å². The molecule has 27 heavy (non-hydrogen) atoms. The molecule has 4 rings (SSSR count). The zero-order chi connectivity index (χ0) is 18.6. The summed E-state index contributed by atoms with van der Waals surface area (Å²) >= 11 is 3.35. The predicted octanol–water partition coefficient (Wildman–Crippen LogP) is 4.99. The van der Waals surface area contributed by atoms with E-state index in [9.17, 15) is 9.18 Å². The summed E-state index contributed by atoms with van der Waals surface area (Å²) in [4.78, 5) is 17.5. The van der Waals surface area contributed by atoms with Gasteiger partial charge in [-0.1, -0.05) is 24.3 Å². The highest BCUT2D eigenvalue weighted by Crippen LogP contribution is 2.34. The Kier molecular flexibility index (Phi) is 5.66. The molecule has 0 spiro atoms. The van der Waals surface area contributed by atoms with Crippen molar-refractivity contribution in [2.24, 2.45) is 0 Å². The van der Waals surface area contributed by atoms with E-state index in [2.05, 4.69) is 27.7 Å². The minimum absolute atomic E-state index is 0.00109. The molecule has 0 saturated carbocycles. The lowest BCUT2D eigenvalue weighted by Crippen LogP contribution is -2.38. The third-order valence-corrected chi connectivity index (χ3v) is 6.83. The molecule has 0 bridgehead atoms. The predicted molar refractivity (Wildman–Crippen MR) is 109 cm³/mol. The lowest BCUT2D eigenvalue weighted by molar-refractivity contribution is -0.123. The minimum Gasteiger partial charge on any atom is -0.343 e. The number of thiophene rings is 2. The highest BCUT2D eigenvalue weighted by molar-refractivity contribution is 7.10. The van der Waals surface area contributed by atoms with Crippen LogP contribution in [-0.4, -0.2) is 23.9 Å². The normalized spacial score (nSPS) is 18.5. The molecule has 1 N–H and O–H groups in total. The van der Waals surface area contributed by atoms with Crippen molar-refractivity contribution in [3.8, 4) is 0 Å². The molecule has 0 radical (unpaired) electrons. The topological polar surface area (TPSA) is 32.3 Å². The van der Waals surface area contributed by atoms with Gasteiger partial charge in [0.1, 0.15) is 5.82 Å². The van der Waals surface area contributed by atoms with Gasteiger partial charge in [-0.3, -0.25) is 9.69 Å². The maximum Gasteiger partial charge on any atom is 0.234 e. The number of hydrogen-bond acceptors (Lipinski definition) is 4. The molecule has 6 heteroatoms. The van der Waals surface area contributed by atoms with E-state index >= 15 is 0 Å². The van der Waals surface area contributed by atoms with E-state index in [1.807, 2.05) is 17.5 Å². The van der Waals surface area contributed by atoms with E-state index < -0.39 is 0 Å². The van der Waals surface area contributed by atoms with Crippen LogP contribution in [0.4, 0.5) is 4.39 Å². The molecule has 3 nitrogen and oxygen atoms in total. The van der Waals surface area contributed by atoms with Gasteiger partial charge in [-0.2, -0.15) is 0 Å². The molecule has 1 aliphatic rings. The summed E-state index contributed by atoms with van der Waals surface area (Å²) in [6.07, 6.45) is 2.21. The van der Waals surface area contributed by atoms with Crippen molar-refractivity contribution in [1.82, 2.24) is 10.2 Å². The van der Waals surface area contributed by atoms with Gasteiger partial charge >= 0.3 is 0 Å². The van der Waals surface area contributed by atoms with Gasteiger partial charge in [-0.25, -0.2) is 4.39 Å². The van der Waals surface area contributed by atoms with Gasteiger partial charge in [0.2, 0.25) is 5.91 Å². The summed E-state index contributed by atoms with van der Waals surface area (Å²) in [7, 11) is 0. The second kappa shape index (κ2) is 8.33. The van der Waals surface area contributed by atoms with Crippen molar-refractivity contribution in [3.05, 3.63) is 80.4 Å². The zero-order valence-electron chi connectivity index (χ0n) is 14.8. The molecule has 0 unspecified atom stereocenters. The van der Waals surface area contributed by atoms with Crippen LogP contribution in [0.1, 0.15) is 40.2 Å². The van der Waals surface area contributed by atoms with Gasteiger partial charge in [0.25, 0.3) is 0 Å². The number of amides is 1. The summed E-state index contributed by atoms with van der Waals surface area (Å²) in [6, 6.07) is 14.6. The Hall–Kier alpha value is -2.02. The van der Waals surface area contributed by atoms with Crippen LogP contribution in [0.15, 0.2) is 59.3 Å². The molecule has 3 aromatic rings. The second-order valence-electron chi connectivity index (χ2n) is 6.71. The molecule has 1 saturated heterocycles. The van der Waals surface area contributed by atoms with Crippen LogP contribution in [0.3, 0.4) is 0 Å². The van der Waals surface area contributed by atoms with E-state index in [0.717, 1.165) is 29.8 Å². The molecular weight excluding hydrogens is 379 g/mol. The standard InChI is InChI=1S/C21H21FN2OS2/c22-16-9-7-15(8-10-16)21(19-6-3-13-27-19)23-20(25)14-24-11-1-4-17(24)18-5-2-12-26-18/h2-3,5-10,12-13,17,21H,1,4,11,14H2,(H,23,25)/t17-,21-/m0/s1. The first kappa shape index (κ1) is 18.3. The van der Waals surface area contributed by atoms with E-state index in [4.69, 9.17) is 0 Å². The first-order valence-corrected chi connectivity index (χ1v) is 10.8.